The van der Waals surface area contributed by atoms with E-state index in [2.05, 4.69) is 5.32 Å². The van der Waals surface area contributed by atoms with E-state index in [0.29, 0.717) is 11.3 Å². The topological polar surface area (TPSA) is 86.7 Å². The van der Waals surface area contributed by atoms with E-state index in [4.69, 9.17) is 0 Å². The van der Waals surface area contributed by atoms with Gasteiger partial charge >= 0.3 is 0 Å². The first-order valence-corrected chi connectivity index (χ1v) is 6.99. The van der Waals surface area contributed by atoms with Crippen LogP contribution in [0.3, 0.4) is 0 Å². The summed E-state index contributed by atoms with van der Waals surface area (Å²) in [6.45, 7) is 0. The predicted molar refractivity (Wildman–Crippen MR) is 78.6 cm³/mol. The molecule has 2 aliphatic heterocycles. The summed E-state index contributed by atoms with van der Waals surface area (Å²) in [4.78, 5) is 37.5. The van der Waals surface area contributed by atoms with Crippen molar-refractivity contribution in [2.24, 2.45) is 0 Å². The molecule has 0 saturated carbocycles. The number of hydrogen-bond donors (Lipinski definition) is 2. The van der Waals surface area contributed by atoms with Crippen LogP contribution in [0, 0.1) is 0 Å². The fraction of sp³-hybridized carbons (Fsp3) is 0.188. The van der Waals surface area contributed by atoms with Crippen molar-refractivity contribution in [3.05, 3.63) is 35.9 Å². The van der Waals surface area contributed by atoms with Crippen molar-refractivity contribution < 1.29 is 19.5 Å². The summed E-state index contributed by atoms with van der Waals surface area (Å²) < 4.78 is 0. The number of phenols is 1. The molecule has 1 saturated heterocycles. The first-order chi connectivity index (χ1) is 10.6. The van der Waals surface area contributed by atoms with Crippen molar-refractivity contribution in [1.82, 2.24) is 5.32 Å². The Bertz CT molecular complexity index is 859. The number of carbonyl (C=O) groups is 3. The summed E-state index contributed by atoms with van der Waals surface area (Å²) in [5.41, 5.74) is 1.03. The van der Waals surface area contributed by atoms with Gasteiger partial charge in [-0.2, -0.15) is 0 Å². The Balaban J connectivity index is 1.89. The normalized spacial score (nSPS) is 20.6. The minimum absolute atomic E-state index is 0.0339. The lowest BCUT2D eigenvalue weighted by Crippen LogP contribution is -2.53. The van der Waals surface area contributed by atoms with Gasteiger partial charge in [-0.15, -0.1) is 0 Å². The number of imide groups is 1. The number of aromatic hydroxyl groups is 1. The summed E-state index contributed by atoms with van der Waals surface area (Å²) in [6, 6.07) is 7.60. The first-order valence-electron chi connectivity index (χ1n) is 6.99. The maximum Gasteiger partial charge on any atom is 0.259 e. The molecule has 4 rings (SSSR count). The minimum Gasteiger partial charge on any atom is -0.508 e. The van der Waals surface area contributed by atoms with Gasteiger partial charge in [0.25, 0.3) is 5.91 Å². The molecule has 2 heterocycles. The fourth-order valence-electron chi connectivity index (χ4n) is 3.23. The zero-order valence-corrected chi connectivity index (χ0v) is 11.5. The Morgan fingerprint density at radius 1 is 1.18 bits per heavy atom. The standard InChI is InChI=1S/C16H12N2O4/c19-9-6-8-2-1-3-10-14(8)12(7-9)18(16(10)22)11-4-5-13(20)17-15(11)21/h1-3,6-7,11,19H,4-5H2,(H,17,20,21). The average molecular weight is 296 g/mol. The van der Waals surface area contributed by atoms with Gasteiger partial charge < -0.3 is 5.11 Å². The van der Waals surface area contributed by atoms with E-state index >= 15 is 0 Å². The van der Waals surface area contributed by atoms with Gasteiger partial charge in [0.15, 0.2) is 0 Å². The number of nitrogens with zero attached hydrogens (tertiary/aromatic N) is 1. The Hall–Kier alpha value is -2.89. The second-order valence-corrected chi connectivity index (χ2v) is 5.51. The molecule has 0 aromatic heterocycles. The van der Waals surface area contributed by atoms with Crippen LogP contribution in [0.2, 0.25) is 0 Å². The molecule has 3 amide bonds. The van der Waals surface area contributed by atoms with Gasteiger partial charge in [0.1, 0.15) is 11.8 Å². The number of carbonyl (C=O) groups excluding carboxylic acids is 3. The highest BCUT2D eigenvalue weighted by molar-refractivity contribution is 6.27. The van der Waals surface area contributed by atoms with E-state index in [-0.39, 0.29) is 30.4 Å². The zero-order chi connectivity index (χ0) is 15.4. The van der Waals surface area contributed by atoms with Crippen molar-refractivity contribution in [2.75, 3.05) is 4.90 Å². The molecule has 1 unspecified atom stereocenters. The number of amides is 3. The van der Waals surface area contributed by atoms with Gasteiger partial charge in [0, 0.05) is 23.4 Å². The Labute approximate surface area is 125 Å². The van der Waals surface area contributed by atoms with Crippen LogP contribution in [-0.4, -0.2) is 28.9 Å². The van der Waals surface area contributed by atoms with Crippen LogP contribution in [0.5, 0.6) is 5.75 Å². The zero-order valence-electron chi connectivity index (χ0n) is 11.5. The molecule has 1 atom stereocenters. The molecule has 2 aromatic rings. The Morgan fingerprint density at radius 2 is 2.00 bits per heavy atom. The molecule has 2 aromatic carbocycles. The summed E-state index contributed by atoms with van der Waals surface area (Å²) >= 11 is 0. The molecule has 110 valence electrons. The largest absolute Gasteiger partial charge is 0.508 e. The first kappa shape index (κ1) is 12.8. The van der Waals surface area contributed by atoms with E-state index in [1.807, 2.05) is 6.07 Å². The van der Waals surface area contributed by atoms with Crippen LogP contribution in [0.15, 0.2) is 30.3 Å². The molecule has 0 bridgehead atoms. The number of rotatable bonds is 1. The van der Waals surface area contributed by atoms with Gasteiger partial charge in [-0.05, 0) is 23.9 Å². The lowest BCUT2D eigenvalue weighted by molar-refractivity contribution is -0.134. The van der Waals surface area contributed by atoms with Crippen LogP contribution in [0.4, 0.5) is 5.69 Å². The minimum atomic E-state index is -0.734. The molecule has 0 radical (unpaired) electrons. The van der Waals surface area contributed by atoms with Crippen molar-refractivity contribution >= 4 is 34.2 Å². The molecule has 22 heavy (non-hydrogen) atoms. The third kappa shape index (κ3) is 1.64. The van der Waals surface area contributed by atoms with Crippen molar-refractivity contribution in [2.45, 2.75) is 18.9 Å². The van der Waals surface area contributed by atoms with Crippen LogP contribution >= 0.6 is 0 Å². The summed E-state index contributed by atoms with van der Waals surface area (Å²) in [7, 11) is 0. The number of hydrogen-bond acceptors (Lipinski definition) is 4. The van der Waals surface area contributed by atoms with E-state index in [9.17, 15) is 19.5 Å². The van der Waals surface area contributed by atoms with Gasteiger partial charge in [0.2, 0.25) is 11.8 Å². The number of anilines is 1. The molecule has 0 spiro atoms. The van der Waals surface area contributed by atoms with Gasteiger partial charge in [-0.25, -0.2) is 0 Å². The molecule has 6 nitrogen and oxygen atoms in total. The van der Waals surface area contributed by atoms with Crippen molar-refractivity contribution in [3.63, 3.8) is 0 Å². The number of phenolic OH excluding ortho intramolecular Hbond substituents is 1. The van der Waals surface area contributed by atoms with Gasteiger partial charge in [-0.3, -0.25) is 24.6 Å². The molecule has 2 N–H and O–H groups in total. The molecule has 0 aliphatic carbocycles. The summed E-state index contributed by atoms with van der Waals surface area (Å²) in [5.74, 6) is -1.05. The molecular weight excluding hydrogens is 284 g/mol. The maximum absolute atomic E-state index is 12.7. The van der Waals surface area contributed by atoms with Crippen LogP contribution < -0.4 is 10.2 Å². The fourth-order valence-corrected chi connectivity index (χ4v) is 3.23. The number of piperidine rings is 1. The number of nitrogens with one attached hydrogen (secondary N) is 1. The SMILES string of the molecule is O=C1CCC(N2C(=O)c3cccc4cc(O)cc2c34)C(=O)N1. The van der Waals surface area contributed by atoms with Crippen LogP contribution in [0.1, 0.15) is 23.2 Å². The monoisotopic (exact) mass is 296 g/mol. The number of benzene rings is 2. The highest BCUT2D eigenvalue weighted by atomic mass is 16.3. The lowest BCUT2D eigenvalue weighted by Gasteiger charge is -2.30. The third-order valence-electron chi connectivity index (χ3n) is 4.17. The molecule has 2 aliphatic rings. The Morgan fingerprint density at radius 3 is 2.77 bits per heavy atom. The quantitative estimate of drug-likeness (QED) is 0.777. The van der Waals surface area contributed by atoms with Gasteiger partial charge in [-0.1, -0.05) is 12.1 Å². The van der Waals surface area contributed by atoms with E-state index in [1.54, 1.807) is 18.2 Å². The summed E-state index contributed by atoms with van der Waals surface area (Å²) in [6.07, 6.45) is 0.472. The summed E-state index contributed by atoms with van der Waals surface area (Å²) in [5, 5.41) is 13.6. The second-order valence-electron chi connectivity index (χ2n) is 5.51. The van der Waals surface area contributed by atoms with Crippen molar-refractivity contribution in [1.29, 1.82) is 0 Å². The van der Waals surface area contributed by atoms with Gasteiger partial charge in [0.05, 0.1) is 5.69 Å². The van der Waals surface area contributed by atoms with Crippen LogP contribution in [0.25, 0.3) is 10.8 Å². The molecular formula is C16H12N2O4. The second kappa shape index (κ2) is 4.30. The van der Waals surface area contributed by atoms with E-state index < -0.39 is 11.9 Å². The Kier molecular flexibility index (Phi) is 2.51. The van der Waals surface area contributed by atoms with E-state index in [0.717, 1.165) is 10.8 Å². The maximum atomic E-state index is 12.7. The van der Waals surface area contributed by atoms with Crippen molar-refractivity contribution in [3.8, 4) is 5.75 Å². The highest BCUT2D eigenvalue weighted by Gasteiger charge is 2.40. The van der Waals surface area contributed by atoms with Crippen LogP contribution in [-0.2, 0) is 9.59 Å². The lowest BCUT2D eigenvalue weighted by atomic mass is 10.0. The third-order valence-corrected chi connectivity index (χ3v) is 4.17. The highest BCUT2D eigenvalue weighted by Crippen LogP contribution is 2.41. The molecule has 1 fully saturated rings. The predicted octanol–water partition coefficient (Wildman–Crippen LogP) is 1.31. The van der Waals surface area contributed by atoms with E-state index in [1.165, 1.54) is 11.0 Å². The average Bonchev–Trinajstić information content (AvgIpc) is 2.74. The smallest absolute Gasteiger partial charge is 0.259 e. The molecule has 6 heteroatoms.